The summed E-state index contributed by atoms with van der Waals surface area (Å²) < 4.78 is 5.16. The molecule has 1 aromatic heterocycles. The van der Waals surface area contributed by atoms with Crippen molar-refractivity contribution in [2.24, 2.45) is 0 Å². The van der Waals surface area contributed by atoms with Gasteiger partial charge in [-0.3, -0.25) is 4.79 Å². The van der Waals surface area contributed by atoms with Crippen molar-refractivity contribution in [2.75, 3.05) is 11.9 Å². The van der Waals surface area contributed by atoms with Crippen molar-refractivity contribution in [3.8, 4) is 0 Å². The van der Waals surface area contributed by atoms with E-state index in [4.69, 9.17) is 4.42 Å². The Kier molecular flexibility index (Phi) is 5.06. The zero-order chi connectivity index (χ0) is 12.1. The lowest BCUT2D eigenvalue weighted by Crippen LogP contribution is -2.37. The Bertz CT molecular complexity index is 347. The van der Waals surface area contributed by atoms with Crippen molar-refractivity contribution in [1.29, 1.82) is 0 Å². The van der Waals surface area contributed by atoms with E-state index in [-0.39, 0.29) is 11.9 Å². The smallest absolute Gasteiger partial charge is 0.257 e. The Morgan fingerprint density at radius 1 is 1.56 bits per heavy atom. The van der Waals surface area contributed by atoms with Crippen LogP contribution in [0.4, 0.5) is 0 Å². The van der Waals surface area contributed by atoms with Gasteiger partial charge in [0.05, 0.1) is 5.56 Å². The fourth-order valence-corrected chi connectivity index (χ4v) is 1.80. The Labute approximate surface area is 105 Å². The number of furan rings is 1. The monoisotopic (exact) mass is 287 g/mol. The molecule has 90 valence electrons. The quantitative estimate of drug-likeness (QED) is 0.779. The van der Waals surface area contributed by atoms with E-state index < -0.39 is 0 Å². The molecule has 0 spiro atoms. The summed E-state index contributed by atoms with van der Waals surface area (Å²) in [6.07, 6.45) is 2.49. The molecule has 3 nitrogen and oxygen atoms in total. The summed E-state index contributed by atoms with van der Waals surface area (Å²) in [5.74, 6) is 0.820. The molecule has 0 atom stereocenters. The Balaban J connectivity index is 2.74. The summed E-state index contributed by atoms with van der Waals surface area (Å²) >= 11 is 3.38. The third-order valence-corrected chi connectivity index (χ3v) is 2.96. The van der Waals surface area contributed by atoms with Crippen LogP contribution in [0.5, 0.6) is 0 Å². The maximum absolute atomic E-state index is 12.2. The molecular formula is C12H18BrNO2. The van der Waals surface area contributed by atoms with Gasteiger partial charge < -0.3 is 9.32 Å². The summed E-state index contributed by atoms with van der Waals surface area (Å²) in [5, 5.41) is 0.911. The number of alkyl halides is 1. The normalized spacial score (nSPS) is 10.8. The molecule has 0 N–H and O–H groups in total. The number of hydrogen-bond donors (Lipinski definition) is 0. The highest BCUT2D eigenvalue weighted by Gasteiger charge is 2.19. The van der Waals surface area contributed by atoms with E-state index in [9.17, 15) is 4.79 Å². The molecule has 0 fully saturated rings. The second-order valence-electron chi connectivity index (χ2n) is 4.08. The minimum absolute atomic E-state index is 0.0489. The zero-order valence-electron chi connectivity index (χ0n) is 10.00. The molecule has 0 aliphatic heterocycles. The molecule has 16 heavy (non-hydrogen) atoms. The SMILES string of the molecule is Cc1cc(C(=O)N(CCCBr)C(C)C)co1. The summed E-state index contributed by atoms with van der Waals surface area (Å²) in [6.45, 7) is 6.67. The molecule has 0 bridgehead atoms. The number of aryl methyl sites for hydroxylation is 1. The van der Waals surface area contributed by atoms with Gasteiger partial charge in [0.2, 0.25) is 0 Å². The van der Waals surface area contributed by atoms with Crippen molar-refractivity contribution < 1.29 is 9.21 Å². The number of carbonyl (C=O) groups excluding carboxylic acids is 1. The van der Waals surface area contributed by atoms with E-state index in [0.717, 1.165) is 24.1 Å². The van der Waals surface area contributed by atoms with Crippen LogP contribution in [-0.4, -0.2) is 28.7 Å². The van der Waals surface area contributed by atoms with Gasteiger partial charge in [0, 0.05) is 17.9 Å². The van der Waals surface area contributed by atoms with E-state index in [1.54, 1.807) is 6.07 Å². The molecule has 4 heteroatoms. The molecule has 1 aromatic rings. The Morgan fingerprint density at radius 2 is 2.25 bits per heavy atom. The van der Waals surface area contributed by atoms with Crippen molar-refractivity contribution in [3.63, 3.8) is 0 Å². The number of amides is 1. The van der Waals surface area contributed by atoms with Gasteiger partial charge in [-0.2, -0.15) is 0 Å². The molecule has 0 aromatic carbocycles. The molecule has 0 aliphatic carbocycles. The number of rotatable bonds is 5. The first-order valence-corrected chi connectivity index (χ1v) is 6.60. The summed E-state index contributed by atoms with van der Waals surface area (Å²) in [7, 11) is 0. The van der Waals surface area contributed by atoms with E-state index in [1.807, 2.05) is 25.7 Å². The zero-order valence-corrected chi connectivity index (χ0v) is 11.6. The molecule has 1 amide bonds. The number of hydrogen-bond acceptors (Lipinski definition) is 2. The van der Waals surface area contributed by atoms with Gasteiger partial charge in [0.1, 0.15) is 12.0 Å². The van der Waals surface area contributed by atoms with Crippen LogP contribution in [0.15, 0.2) is 16.7 Å². The Morgan fingerprint density at radius 3 is 2.69 bits per heavy atom. The van der Waals surface area contributed by atoms with Crippen molar-refractivity contribution in [2.45, 2.75) is 33.2 Å². The van der Waals surface area contributed by atoms with E-state index >= 15 is 0 Å². The lowest BCUT2D eigenvalue weighted by Gasteiger charge is -2.25. The van der Waals surface area contributed by atoms with Crippen molar-refractivity contribution in [3.05, 3.63) is 23.7 Å². The predicted octanol–water partition coefficient (Wildman–Crippen LogP) is 3.22. The molecular weight excluding hydrogens is 270 g/mol. The van der Waals surface area contributed by atoms with Crippen molar-refractivity contribution >= 4 is 21.8 Å². The predicted molar refractivity (Wildman–Crippen MR) is 68.0 cm³/mol. The molecule has 0 saturated carbocycles. The summed E-state index contributed by atoms with van der Waals surface area (Å²) in [6, 6.07) is 1.99. The van der Waals surface area contributed by atoms with Gasteiger partial charge in [0.25, 0.3) is 5.91 Å². The fraction of sp³-hybridized carbons (Fsp3) is 0.583. The van der Waals surface area contributed by atoms with Crippen LogP contribution in [0.2, 0.25) is 0 Å². The topological polar surface area (TPSA) is 33.5 Å². The van der Waals surface area contributed by atoms with Crippen molar-refractivity contribution in [1.82, 2.24) is 4.90 Å². The highest BCUT2D eigenvalue weighted by Crippen LogP contribution is 2.12. The van der Waals surface area contributed by atoms with E-state index in [0.29, 0.717) is 5.56 Å². The van der Waals surface area contributed by atoms with Crippen LogP contribution in [0.1, 0.15) is 36.4 Å². The number of nitrogens with zero attached hydrogens (tertiary/aromatic N) is 1. The Hall–Kier alpha value is -0.770. The maximum Gasteiger partial charge on any atom is 0.257 e. The average molecular weight is 288 g/mol. The standard InChI is InChI=1S/C12H18BrNO2/c1-9(2)14(6-4-5-13)12(15)11-7-10(3)16-8-11/h7-9H,4-6H2,1-3H3. The van der Waals surface area contributed by atoms with E-state index in [1.165, 1.54) is 6.26 Å². The number of carbonyl (C=O) groups is 1. The lowest BCUT2D eigenvalue weighted by atomic mass is 10.2. The summed E-state index contributed by atoms with van der Waals surface area (Å²) in [5.41, 5.74) is 0.640. The van der Waals surface area contributed by atoms with Crippen LogP contribution in [-0.2, 0) is 0 Å². The van der Waals surface area contributed by atoms with E-state index in [2.05, 4.69) is 15.9 Å². The van der Waals surface area contributed by atoms with Gasteiger partial charge >= 0.3 is 0 Å². The maximum atomic E-state index is 12.2. The molecule has 0 saturated heterocycles. The molecule has 1 rings (SSSR count). The first-order chi connectivity index (χ1) is 7.56. The van der Waals surface area contributed by atoms with Crippen LogP contribution in [0, 0.1) is 6.92 Å². The molecule has 0 unspecified atom stereocenters. The molecule has 0 aliphatic rings. The number of halogens is 1. The average Bonchev–Trinajstić information content (AvgIpc) is 2.64. The highest BCUT2D eigenvalue weighted by molar-refractivity contribution is 9.09. The minimum Gasteiger partial charge on any atom is -0.469 e. The van der Waals surface area contributed by atoms with Gasteiger partial charge in [-0.1, -0.05) is 15.9 Å². The fourth-order valence-electron chi connectivity index (χ4n) is 1.55. The summed E-state index contributed by atoms with van der Waals surface area (Å²) in [4.78, 5) is 14.0. The third kappa shape index (κ3) is 3.37. The van der Waals surface area contributed by atoms with Crippen LogP contribution < -0.4 is 0 Å². The third-order valence-electron chi connectivity index (χ3n) is 2.39. The second-order valence-corrected chi connectivity index (χ2v) is 4.87. The van der Waals surface area contributed by atoms with Crippen LogP contribution >= 0.6 is 15.9 Å². The lowest BCUT2D eigenvalue weighted by molar-refractivity contribution is 0.0706. The van der Waals surface area contributed by atoms with Gasteiger partial charge in [-0.05, 0) is 33.3 Å². The molecule has 1 heterocycles. The van der Waals surface area contributed by atoms with Crippen LogP contribution in [0.3, 0.4) is 0 Å². The minimum atomic E-state index is 0.0489. The van der Waals surface area contributed by atoms with Crippen LogP contribution in [0.25, 0.3) is 0 Å². The first kappa shape index (κ1) is 13.3. The van der Waals surface area contributed by atoms with Gasteiger partial charge in [-0.25, -0.2) is 0 Å². The highest BCUT2D eigenvalue weighted by atomic mass is 79.9. The van der Waals surface area contributed by atoms with Gasteiger partial charge in [-0.15, -0.1) is 0 Å². The largest absolute Gasteiger partial charge is 0.469 e. The van der Waals surface area contributed by atoms with Gasteiger partial charge in [0.15, 0.2) is 0 Å². The molecule has 0 radical (unpaired) electrons. The first-order valence-electron chi connectivity index (χ1n) is 5.48. The second kappa shape index (κ2) is 6.09.